The van der Waals surface area contributed by atoms with Crippen LogP contribution in [0.15, 0.2) is 0 Å². The van der Waals surface area contributed by atoms with Crippen molar-refractivity contribution >= 4 is 5.91 Å². The Morgan fingerprint density at radius 1 is 1.38 bits per heavy atom. The van der Waals surface area contributed by atoms with Crippen molar-refractivity contribution in [1.29, 1.82) is 0 Å². The van der Waals surface area contributed by atoms with E-state index in [1.54, 1.807) is 0 Å². The van der Waals surface area contributed by atoms with Gasteiger partial charge in [-0.1, -0.05) is 0 Å². The SMILES string of the molecule is CCOCCCN1CCCC(CNC(=O)C2CCCN2)C1. The van der Waals surface area contributed by atoms with Gasteiger partial charge in [-0.25, -0.2) is 0 Å². The van der Waals surface area contributed by atoms with Crippen LogP contribution in [-0.4, -0.2) is 62.8 Å². The Kier molecular flexibility index (Phi) is 7.47. The fourth-order valence-electron chi connectivity index (χ4n) is 3.33. The first-order valence-corrected chi connectivity index (χ1v) is 8.60. The first kappa shape index (κ1) is 16.7. The maximum absolute atomic E-state index is 12.0. The molecule has 0 aromatic rings. The molecule has 2 N–H and O–H groups in total. The molecular weight excluding hydrogens is 266 g/mol. The van der Waals surface area contributed by atoms with Gasteiger partial charge in [-0.15, -0.1) is 0 Å². The van der Waals surface area contributed by atoms with E-state index in [1.807, 2.05) is 6.92 Å². The van der Waals surface area contributed by atoms with Crippen molar-refractivity contribution < 1.29 is 9.53 Å². The van der Waals surface area contributed by atoms with Crippen molar-refractivity contribution in [2.75, 3.05) is 45.9 Å². The lowest BCUT2D eigenvalue weighted by Crippen LogP contribution is -2.45. The van der Waals surface area contributed by atoms with Gasteiger partial charge in [0.2, 0.25) is 5.91 Å². The topological polar surface area (TPSA) is 53.6 Å². The molecule has 5 heteroatoms. The highest BCUT2D eigenvalue weighted by molar-refractivity contribution is 5.81. The summed E-state index contributed by atoms with van der Waals surface area (Å²) in [6.45, 7) is 8.96. The zero-order valence-corrected chi connectivity index (χ0v) is 13.4. The highest BCUT2D eigenvalue weighted by Crippen LogP contribution is 2.16. The molecule has 0 aromatic heterocycles. The molecule has 0 aromatic carbocycles. The average molecular weight is 297 g/mol. The summed E-state index contributed by atoms with van der Waals surface area (Å²) in [5.41, 5.74) is 0. The summed E-state index contributed by atoms with van der Waals surface area (Å²) in [5, 5.41) is 6.39. The predicted molar refractivity (Wildman–Crippen MR) is 84.3 cm³/mol. The fourth-order valence-corrected chi connectivity index (χ4v) is 3.33. The summed E-state index contributed by atoms with van der Waals surface area (Å²) in [6.07, 6.45) is 5.70. The number of ether oxygens (including phenoxy) is 1. The van der Waals surface area contributed by atoms with Gasteiger partial charge in [0.15, 0.2) is 0 Å². The minimum Gasteiger partial charge on any atom is -0.382 e. The van der Waals surface area contributed by atoms with Gasteiger partial charge in [0, 0.05) is 32.8 Å². The van der Waals surface area contributed by atoms with Gasteiger partial charge in [0.05, 0.1) is 6.04 Å². The minimum atomic E-state index is 0.0517. The van der Waals surface area contributed by atoms with Gasteiger partial charge < -0.3 is 20.3 Å². The number of carbonyl (C=O) groups is 1. The number of rotatable bonds is 8. The second-order valence-electron chi connectivity index (χ2n) is 6.25. The number of likely N-dealkylation sites (tertiary alicyclic amines) is 1. The van der Waals surface area contributed by atoms with Crippen molar-refractivity contribution in [3.63, 3.8) is 0 Å². The molecule has 2 heterocycles. The minimum absolute atomic E-state index is 0.0517. The number of piperidine rings is 1. The summed E-state index contributed by atoms with van der Waals surface area (Å²) in [7, 11) is 0. The first-order chi connectivity index (χ1) is 10.3. The summed E-state index contributed by atoms with van der Waals surface area (Å²) in [5.74, 6) is 0.803. The van der Waals surface area contributed by atoms with Crippen LogP contribution in [-0.2, 0) is 9.53 Å². The van der Waals surface area contributed by atoms with Crippen LogP contribution in [0.4, 0.5) is 0 Å². The summed E-state index contributed by atoms with van der Waals surface area (Å²) >= 11 is 0. The number of carbonyl (C=O) groups excluding carboxylic acids is 1. The van der Waals surface area contributed by atoms with Gasteiger partial charge in [0.1, 0.15) is 0 Å². The molecule has 0 bridgehead atoms. The number of nitrogens with zero attached hydrogens (tertiary/aromatic N) is 1. The van der Waals surface area contributed by atoms with Crippen molar-refractivity contribution in [2.45, 2.75) is 45.1 Å². The number of hydrogen-bond donors (Lipinski definition) is 2. The third kappa shape index (κ3) is 5.93. The predicted octanol–water partition coefficient (Wildman–Crippen LogP) is 0.993. The van der Waals surface area contributed by atoms with E-state index < -0.39 is 0 Å². The Morgan fingerprint density at radius 2 is 2.29 bits per heavy atom. The standard InChI is InChI=1S/C16H31N3O2/c1-2-21-11-5-10-19-9-4-6-14(13-19)12-18-16(20)15-7-3-8-17-15/h14-15,17H,2-13H2,1H3,(H,18,20). The van der Waals surface area contributed by atoms with Crippen LogP contribution in [0, 0.1) is 5.92 Å². The third-order valence-corrected chi connectivity index (χ3v) is 4.51. The molecule has 2 aliphatic heterocycles. The van der Waals surface area contributed by atoms with Crippen LogP contribution in [0.5, 0.6) is 0 Å². The highest BCUT2D eigenvalue weighted by atomic mass is 16.5. The molecule has 5 nitrogen and oxygen atoms in total. The van der Waals surface area contributed by atoms with E-state index in [-0.39, 0.29) is 11.9 Å². The second-order valence-corrected chi connectivity index (χ2v) is 6.25. The lowest BCUT2D eigenvalue weighted by molar-refractivity contribution is -0.123. The van der Waals surface area contributed by atoms with E-state index in [9.17, 15) is 4.79 Å². The van der Waals surface area contributed by atoms with Crippen LogP contribution >= 0.6 is 0 Å². The Hall–Kier alpha value is -0.650. The van der Waals surface area contributed by atoms with Gasteiger partial charge in [-0.2, -0.15) is 0 Å². The van der Waals surface area contributed by atoms with E-state index in [0.717, 1.165) is 58.7 Å². The maximum atomic E-state index is 12.0. The van der Waals surface area contributed by atoms with E-state index >= 15 is 0 Å². The number of nitrogens with one attached hydrogen (secondary N) is 2. The molecule has 2 atom stereocenters. The lowest BCUT2D eigenvalue weighted by atomic mass is 9.97. The van der Waals surface area contributed by atoms with E-state index in [0.29, 0.717) is 5.92 Å². The smallest absolute Gasteiger partial charge is 0.237 e. The molecule has 2 saturated heterocycles. The zero-order valence-electron chi connectivity index (χ0n) is 13.4. The highest BCUT2D eigenvalue weighted by Gasteiger charge is 2.24. The van der Waals surface area contributed by atoms with Crippen molar-refractivity contribution in [3.05, 3.63) is 0 Å². The van der Waals surface area contributed by atoms with Gasteiger partial charge in [-0.3, -0.25) is 4.79 Å². The second kappa shape index (κ2) is 9.38. The van der Waals surface area contributed by atoms with Gasteiger partial charge in [-0.05, 0) is 58.0 Å². The molecule has 1 amide bonds. The molecule has 2 rings (SSSR count). The lowest BCUT2D eigenvalue weighted by Gasteiger charge is -2.33. The van der Waals surface area contributed by atoms with Crippen LogP contribution in [0.1, 0.15) is 39.0 Å². The average Bonchev–Trinajstić information content (AvgIpc) is 3.04. The van der Waals surface area contributed by atoms with E-state index in [1.165, 1.54) is 19.4 Å². The summed E-state index contributed by atoms with van der Waals surface area (Å²) in [6, 6.07) is 0.0517. The molecule has 0 saturated carbocycles. The molecule has 2 unspecified atom stereocenters. The Labute approximate surface area is 128 Å². The Balaban J connectivity index is 1.60. The fraction of sp³-hybridized carbons (Fsp3) is 0.938. The van der Waals surface area contributed by atoms with Gasteiger partial charge >= 0.3 is 0 Å². The molecule has 2 aliphatic rings. The third-order valence-electron chi connectivity index (χ3n) is 4.51. The van der Waals surface area contributed by atoms with Crippen LogP contribution in [0.3, 0.4) is 0 Å². The Morgan fingerprint density at radius 3 is 3.05 bits per heavy atom. The van der Waals surface area contributed by atoms with Crippen molar-refractivity contribution in [1.82, 2.24) is 15.5 Å². The zero-order chi connectivity index (χ0) is 14.9. The molecule has 21 heavy (non-hydrogen) atoms. The molecule has 0 aliphatic carbocycles. The number of amides is 1. The molecule has 122 valence electrons. The summed E-state index contributed by atoms with van der Waals surface area (Å²) in [4.78, 5) is 14.5. The largest absolute Gasteiger partial charge is 0.382 e. The number of hydrogen-bond acceptors (Lipinski definition) is 4. The first-order valence-electron chi connectivity index (χ1n) is 8.60. The van der Waals surface area contributed by atoms with Gasteiger partial charge in [0.25, 0.3) is 0 Å². The maximum Gasteiger partial charge on any atom is 0.237 e. The Bertz CT molecular complexity index is 306. The van der Waals surface area contributed by atoms with Crippen LogP contribution in [0.25, 0.3) is 0 Å². The van der Waals surface area contributed by atoms with Crippen LogP contribution < -0.4 is 10.6 Å². The van der Waals surface area contributed by atoms with Crippen molar-refractivity contribution in [2.24, 2.45) is 5.92 Å². The summed E-state index contributed by atoms with van der Waals surface area (Å²) < 4.78 is 5.40. The van der Waals surface area contributed by atoms with Crippen molar-refractivity contribution in [3.8, 4) is 0 Å². The quantitative estimate of drug-likeness (QED) is 0.656. The monoisotopic (exact) mass is 297 g/mol. The van der Waals surface area contributed by atoms with E-state index in [2.05, 4.69) is 15.5 Å². The van der Waals surface area contributed by atoms with E-state index in [4.69, 9.17) is 4.74 Å². The van der Waals surface area contributed by atoms with Crippen LogP contribution in [0.2, 0.25) is 0 Å². The molecule has 0 spiro atoms. The molecular formula is C16H31N3O2. The normalized spacial score (nSPS) is 26.9. The molecule has 2 fully saturated rings. The molecule has 0 radical (unpaired) electrons.